The van der Waals surface area contributed by atoms with Crippen molar-refractivity contribution in [2.45, 2.75) is 38.3 Å². The van der Waals surface area contributed by atoms with E-state index < -0.39 is 12.1 Å². The molecule has 0 spiro atoms. The predicted molar refractivity (Wildman–Crippen MR) is 52.3 cm³/mol. The maximum Gasteiger partial charge on any atom is 0.391 e. The van der Waals surface area contributed by atoms with Gasteiger partial charge >= 0.3 is 6.18 Å². The van der Waals surface area contributed by atoms with Crippen molar-refractivity contribution in [2.24, 2.45) is 29.4 Å². The lowest BCUT2D eigenvalue weighted by Gasteiger charge is -2.38. The minimum absolute atomic E-state index is 0.0460. The van der Waals surface area contributed by atoms with Crippen LogP contribution in [0.5, 0.6) is 0 Å². The minimum atomic E-state index is -4.06. The van der Waals surface area contributed by atoms with Crippen LogP contribution in [-0.4, -0.2) is 12.1 Å². The van der Waals surface area contributed by atoms with Gasteiger partial charge in [0.25, 0.3) is 0 Å². The van der Waals surface area contributed by atoms with Gasteiger partial charge in [0.1, 0.15) is 0 Å². The number of amides is 1. The van der Waals surface area contributed by atoms with Crippen molar-refractivity contribution >= 4 is 5.91 Å². The number of carbonyl (C=O) groups is 1. The predicted octanol–water partition coefficient (Wildman–Crippen LogP) is 2.48. The van der Waals surface area contributed by atoms with Crippen LogP contribution in [0, 0.1) is 23.7 Å². The summed E-state index contributed by atoms with van der Waals surface area (Å²) in [6.07, 6.45) is -1.13. The quantitative estimate of drug-likeness (QED) is 0.799. The van der Waals surface area contributed by atoms with Crippen molar-refractivity contribution in [3.05, 3.63) is 0 Å². The Bertz CT molecular complexity index is 279. The van der Waals surface area contributed by atoms with Crippen LogP contribution in [0.25, 0.3) is 0 Å². The summed E-state index contributed by atoms with van der Waals surface area (Å²) >= 11 is 0. The normalized spacial score (nSPS) is 31.9. The van der Waals surface area contributed by atoms with Crippen LogP contribution in [0.3, 0.4) is 0 Å². The molecule has 0 radical (unpaired) electrons. The zero-order valence-electron chi connectivity index (χ0n) is 8.96. The van der Waals surface area contributed by atoms with E-state index in [4.69, 9.17) is 5.73 Å². The first-order chi connectivity index (χ1) is 7.38. The lowest BCUT2D eigenvalue weighted by atomic mass is 9.70. The zero-order valence-corrected chi connectivity index (χ0v) is 8.96. The molecule has 0 aromatic rings. The molecule has 5 heteroatoms. The van der Waals surface area contributed by atoms with Gasteiger partial charge in [0, 0.05) is 5.92 Å². The van der Waals surface area contributed by atoms with E-state index in [0.717, 1.165) is 12.8 Å². The van der Waals surface area contributed by atoms with E-state index in [1.165, 1.54) is 0 Å². The van der Waals surface area contributed by atoms with E-state index >= 15 is 0 Å². The Kier molecular flexibility index (Phi) is 2.88. The molecule has 2 fully saturated rings. The monoisotopic (exact) mass is 235 g/mol. The summed E-state index contributed by atoms with van der Waals surface area (Å²) in [5.74, 6) is -1.27. The molecular weight excluding hydrogens is 219 g/mol. The molecule has 1 unspecified atom stereocenters. The molecule has 0 heterocycles. The lowest BCUT2D eigenvalue weighted by Crippen LogP contribution is -2.38. The summed E-state index contributed by atoms with van der Waals surface area (Å²) < 4.78 is 36.7. The van der Waals surface area contributed by atoms with Gasteiger partial charge in [0.2, 0.25) is 5.91 Å². The number of halogens is 3. The van der Waals surface area contributed by atoms with E-state index in [1.807, 2.05) is 0 Å². The highest BCUT2D eigenvalue weighted by molar-refractivity contribution is 5.77. The summed E-state index contributed by atoms with van der Waals surface area (Å²) in [5, 5.41) is 0. The number of hydrogen-bond acceptors (Lipinski definition) is 1. The fraction of sp³-hybridized carbons (Fsp3) is 0.909. The fourth-order valence-electron chi connectivity index (χ4n) is 2.59. The second kappa shape index (κ2) is 3.93. The SMILES string of the molecule is NC(=O)C(CC1CC(C(F)(F)F)C1)C1CC1. The third-order valence-electron chi connectivity index (χ3n) is 3.84. The third kappa shape index (κ3) is 2.50. The maximum absolute atomic E-state index is 12.2. The minimum Gasteiger partial charge on any atom is -0.369 e. The lowest BCUT2D eigenvalue weighted by molar-refractivity contribution is -0.205. The highest BCUT2D eigenvalue weighted by Crippen LogP contribution is 2.49. The van der Waals surface area contributed by atoms with Crippen LogP contribution in [0.4, 0.5) is 13.2 Å². The van der Waals surface area contributed by atoms with Gasteiger partial charge in [0.15, 0.2) is 0 Å². The Balaban J connectivity index is 1.78. The van der Waals surface area contributed by atoms with Gasteiger partial charge < -0.3 is 5.73 Å². The molecule has 0 aromatic heterocycles. The van der Waals surface area contributed by atoms with Crippen LogP contribution in [-0.2, 0) is 4.79 Å². The van der Waals surface area contributed by atoms with E-state index in [1.54, 1.807) is 0 Å². The Hall–Kier alpha value is -0.740. The van der Waals surface area contributed by atoms with Gasteiger partial charge in [-0.15, -0.1) is 0 Å². The molecule has 92 valence electrons. The molecule has 16 heavy (non-hydrogen) atoms. The molecule has 0 aromatic carbocycles. The molecule has 2 rings (SSSR count). The summed E-state index contributed by atoms with van der Waals surface area (Å²) in [6, 6.07) is 0. The van der Waals surface area contributed by atoms with Crippen LogP contribution < -0.4 is 5.73 Å². The van der Waals surface area contributed by atoms with Crippen molar-refractivity contribution in [3.63, 3.8) is 0 Å². The second-order valence-corrected chi connectivity index (χ2v) is 5.16. The summed E-state index contributed by atoms with van der Waals surface area (Å²) in [6.45, 7) is 0. The highest BCUT2D eigenvalue weighted by Gasteiger charge is 2.49. The van der Waals surface area contributed by atoms with Crippen molar-refractivity contribution in [2.75, 3.05) is 0 Å². The molecule has 2 saturated carbocycles. The molecule has 1 atom stereocenters. The van der Waals surface area contributed by atoms with Crippen molar-refractivity contribution in [1.82, 2.24) is 0 Å². The van der Waals surface area contributed by atoms with Gasteiger partial charge in [-0.05, 0) is 43.9 Å². The molecule has 0 bridgehead atoms. The number of alkyl halides is 3. The fourth-order valence-corrected chi connectivity index (χ4v) is 2.59. The number of hydrogen-bond donors (Lipinski definition) is 1. The topological polar surface area (TPSA) is 43.1 Å². The largest absolute Gasteiger partial charge is 0.391 e. The number of nitrogens with two attached hydrogens (primary N) is 1. The Morgan fingerprint density at radius 3 is 2.25 bits per heavy atom. The standard InChI is InChI=1S/C11H16F3NO/c12-11(13,14)8-3-6(4-8)5-9(10(15)16)7-1-2-7/h6-9H,1-5H2,(H2,15,16). The molecule has 2 nitrogen and oxygen atoms in total. The van der Waals surface area contributed by atoms with Crippen LogP contribution in [0.1, 0.15) is 32.1 Å². The first kappa shape index (κ1) is 11.7. The first-order valence-corrected chi connectivity index (χ1v) is 5.74. The van der Waals surface area contributed by atoms with Gasteiger partial charge in [-0.3, -0.25) is 4.79 Å². The number of carbonyl (C=O) groups excluding carboxylic acids is 1. The number of rotatable bonds is 4. The van der Waals surface area contributed by atoms with Gasteiger partial charge in [0.05, 0.1) is 5.92 Å². The summed E-state index contributed by atoms with van der Waals surface area (Å²) in [4.78, 5) is 11.1. The van der Waals surface area contributed by atoms with Crippen molar-refractivity contribution in [1.29, 1.82) is 0 Å². The Labute approximate surface area is 92.4 Å². The highest BCUT2D eigenvalue weighted by atomic mass is 19.4. The second-order valence-electron chi connectivity index (χ2n) is 5.16. The average Bonchev–Trinajstić information content (AvgIpc) is 2.81. The maximum atomic E-state index is 12.2. The van der Waals surface area contributed by atoms with Crippen LogP contribution in [0.2, 0.25) is 0 Å². The molecule has 0 aliphatic heterocycles. The summed E-state index contributed by atoms with van der Waals surface area (Å²) in [5.41, 5.74) is 5.26. The first-order valence-electron chi connectivity index (χ1n) is 5.74. The molecule has 2 aliphatic rings. The van der Waals surface area contributed by atoms with E-state index in [0.29, 0.717) is 12.3 Å². The third-order valence-corrected chi connectivity index (χ3v) is 3.84. The Morgan fingerprint density at radius 2 is 1.88 bits per heavy atom. The summed E-state index contributed by atoms with van der Waals surface area (Å²) in [7, 11) is 0. The molecule has 2 N–H and O–H groups in total. The van der Waals surface area contributed by atoms with Crippen LogP contribution in [0.15, 0.2) is 0 Å². The van der Waals surface area contributed by atoms with Gasteiger partial charge in [-0.25, -0.2) is 0 Å². The van der Waals surface area contributed by atoms with Gasteiger partial charge in [-0.1, -0.05) is 0 Å². The van der Waals surface area contributed by atoms with E-state index in [2.05, 4.69) is 0 Å². The van der Waals surface area contributed by atoms with E-state index in [9.17, 15) is 18.0 Å². The van der Waals surface area contributed by atoms with E-state index in [-0.39, 0.29) is 30.6 Å². The van der Waals surface area contributed by atoms with Crippen molar-refractivity contribution < 1.29 is 18.0 Å². The average molecular weight is 235 g/mol. The van der Waals surface area contributed by atoms with Crippen molar-refractivity contribution in [3.8, 4) is 0 Å². The zero-order chi connectivity index (χ0) is 11.9. The molecular formula is C11H16F3NO. The smallest absolute Gasteiger partial charge is 0.369 e. The van der Waals surface area contributed by atoms with Crippen LogP contribution >= 0.6 is 0 Å². The molecule has 2 aliphatic carbocycles. The number of primary amides is 1. The van der Waals surface area contributed by atoms with Gasteiger partial charge in [-0.2, -0.15) is 13.2 Å². The molecule has 0 saturated heterocycles. The Morgan fingerprint density at radius 1 is 1.31 bits per heavy atom. The molecule has 1 amide bonds.